The maximum Gasteiger partial charge on any atom is 0.0572 e. The zero-order chi connectivity index (χ0) is 11.3. The fourth-order valence-electron chi connectivity index (χ4n) is 4.05. The topological polar surface area (TPSA) is 20.2 Å². The molecule has 0 aromatic rings. The molecule has 0 radical (unpaired) electrons. The van der Waals surface area contributed by atoms with Crippen molar-refractivity contribution in [2.75, 3.05) is 0 Å². The van der Waals surface area contributed by atoms with Gasteiger partial charge in [0.05, 0.1) is 6.10 Å². The Bertz CT molecular complexity index is 339. The molecule has 2 fully saturated rings. The molecule has 3 aliphatic carbocycles. The summed E-state index contributed by atoms with van der Waals surface area (Å²) in [6.45, 7) is 4.03. The van der Waals surface area contributed by atoms with Crippen molar-refractivity contribution in [1.82, 2.24) is 0 Å². The summed E-state index contributed by atoms with van der Waals surface area (Å²) in [5, 5.41) is 9.58. The summed E-state index contributed by atoms with van der Waals surface area (Å²) >= 11 is 0. The van der Waals surface area contributed by atoms with Gasteiger partial charge in [-0.1, -0.05) is 30.7 Å². The molecule has 2 unspecified atom stereocenters. The molecule has 88 valence electrons. The highest BCUT2D eigenvalue weighted by Gasteiger charge is 2.49. The number of fused-ring (bicyclic) bond motifs is 5. The largest absolute Gasteiger partial charge is 0.393 e. The van der Waals surface area contributed by atoms with Crippen LogP contribution in [0.4, 0.5) is 0 Å². The molecule has 0 amide bonds. The van der Waals surface area contributed by atoms with Gasteiger partial charge in [-0.05, 0) is 55.8 Å². The third-order valence-electron chi connectivity index (χ3n) is 5.10. The summed E-state index contributed by atoms with van der Waals surface area (Å²) in [6, 6.07) is 0. The predicted octanol–water partition coefficient (Wildman–Crippen LogP) is 3.16. The van der Waals surface area contributed by atoms with Gasteiger partial charge in [0.1, 0.15) is 0 Å². The van der Waals surface area contributed by atoms with Gasteiger partial charge >= 0.3 is 0 Å². The Kier molecular flexibility index (Phi) is 2.47. The van der Waals surface area contributed by atoms with Crippen LogP contribution in [0, 0.1) is 29.6 Å². The van der Waals surface area contributed by atoms with Crippen LogP contribution in [0.1, 0.15) is 33.1 Å². The molecule has 16 heavy (non-hydrogen) atoms. The standard InChI is InChI=1S/C15H22O/c1-9(10(2)16)6-11-7-12-8-15(11)14-5-3-4-13(12)14/h3,5-6,9-10,12-16H,4,7-8H2,1-2H3/t9-,10-,12?,13-,14-,15?/m1/s1. The van der Waals surface area contributed by atoms with Crippen molar-refractivity contribution >= 4 is 0 Å². The Morgan fingerprint density at radius 3 is 3.00 bits per heavy atom. The van der Waals surface area contributed by atoms with Gasteiger partial charge in [-0.15, -0.1) is 0 Å². The molecule has 2 saturated carbocycles. The van der Waals surface area contributed by atoms with E-state index < -0.39 is 0 Å². The normalized spacial score (nSPS) is 46.3. The summed E-state index contributed by atoms with van der Waals surface area (Å²) < 4.78 is 0. The van der Waals surface area contributed by atoms with Crippen LogP contribution in [0.3, 0.4) is 0 Å². The molecule has 0 spiro atoms. The van der Waals surface area contributed by atoms with Crippen molar-refractivity contribution in [3.8, 4) is 0 Å². The van der Waals surface area contributed by atoms with E-state index >= 15 is 0 Å². The Balaban J connectivity index is 1.79. The predicted molar refractivity (Wildman–Crippen MR) is 65.9 cm³/mol. The molecule has 0 heterocycles. The van der Waals surface area contributed by atoms with E-state index in [0.29, 0.717) is 5.92 Å². The zero-order valence-corrected chi connectivity index (χ0v) is 10.3. The summed E-state index contributed by atoms with van der Waals surface area (Å²) in [5.74, 6) is 3.88. The monoisotopic (exact) mass is 218 g/mol. The van der Waals surface area contributed by atoms with Crippen molar-refractivity contribution in [3.05, 3.63) is 23.8 Å². The van der Waals surface area contributed by atoms with Gasteiger partial charge in [0.2, 0.25) is 0 Å². The number of aliphatic hydroxyl groups is 1. The van der Waals surface area contributed by atoms with E-state index in [1.165, 1.54) is 19.3 Å². The number of hydrogen-bond donors (Lipinski definition) is 1. The molecule has 0 aliphatic heterocycles. The molecule has 0 aromatic heterocycles. The molecule has 2 bridgehead atoms. The van der Waals surface area contributed by atoms with E-state index in [9.17, 15) is 5.11 Å². The highest BCUT2D eigenvalue weighted by Crippen LogP contribution is 2.58. The zero-order valence-electron chi connectivity index (χ0n) is 10.3. The number of aliphatic hydroxyl groups excluding tert-OH is 1. The van der Waals surface area contributed by atoms with E-state index in [2.05, 4.69) is 25.2 Å². The van der Waals surface area contributed by atoms with E-state index in [1.54, 1.807) is 5.57 Å². The molecule has 0 saturated heterocycles. The molecular formula is C15H22O. The van der Waals surface area contributed by atoms with Crippen LogP contribution in [0.15, 0.2) is 23.8 Å². The summed E-state index contributed by atoms with van der Waals surface area (Å²) in [4.78, 5) is 0. The Labute approximate surface area is 98.2 Å². The van der Waals surface area contributed by atoms with Crippen LogP contribution in [0.25, 0.3) is 0 Å². The average molecular weight is 218 g/mol. The average Bonchev–Trinajstić information content (AvgIpc) is 2.87. The quantitative estimate of drug-likeness (QED) is 0.706. The van der Waals surface area contributed by atoms with Gasteiger partial charge < -0.3 is 5.11 Å². The first-order valence-electron chi connectivity index (χ1n) is 6.72. The third-order valence-corrected chi connectivity index (χ3v) is 5.10. The van der Waals surface area contributed by atoms with Crippen LogP contribution in [0.2, 0.25) is 0 Å². The van der Waals surface area contributed by atoms with Crippen molar-refractivity contribution in [1.29, 1.82) is 0 Å². The first kappa shape index (κ1) is 10.6. The molecule has 0 aromatic carbocycles. The van der Waals surface area contributed by atoms with Crippen molar-refractivity contribution < 1.29 is 5.11 Å². The van der Waals surface area contributed by atoms with Crippen molar-refractivity contribution in [2.24, 2.45) is 29.6 Å². The third kappa shape index (κ3) is 1.48. The Morgan fingerprint density at radius 2 is 2.25 bits per heavy atom. The highest BCUT2D eigenvalue weighted by atomic mass is 16.3. The SMILES string of the molecule is C[C@H](C=C1CC2CC1[C@@H]1C=CC[C@H]21)[C@@H](C)O. The van der Waals surface area contributed by atoms with Gasteiger partial charge in [-0.2, -0.15) is 0 Å². The molecule has 3 aliphatic rings. The molecule has 1 N–H and O–H groups in total. The van der Waals surface area contributed by atoms with Gasteiger partial charge in [0.15, 0.2) is 0 Å². The molecule has 6 atom stereocenters. The summed E-state index contributed by atoms with van der Waals surface area (Å²) in [6.07, 6.45) is 11.0. The maximum absolute atomic E-state index is 9.58. The van der Waals surface area contributed by atoms with E-state index in [0.717, 1.165) is 23.7 Å². The minimum Gasteiger partial charge on any atom is -0.393 e. The second kappa shape index (κ2) is 3.73. The van der Waals surface area contributed by atoms with Gasteiger partial charge in [-0.3, -0.25) is 0 Å². The second-order valence-electron chi connectivity index (χ2n) is 6.05. The lowest BCUT2D eigenvalue weighted by Gasteiger charge is -2.27. The number of rotatable bonds is 2. The lowest BCUT2D eigenvalue weighted by molar-refractivity contribution is 0.156. The minimum absolute atomic E-state index is 0.207. The van der Waals surface area contributed by atoms with Crippen LogP contribution >= 0.6 is 0 Å². The molecular weight excluding hydrogens is 196 g/mol. The highest BCUT2D eigenvalue weighted by molar-refractivity contribution is 5.27. The van der Waals surface area contributed by atoms with E-state index in [1.807, 2.05) is 6.92 Å². The molecule has 1 nitrogen and oxygen atoms in total. The smallest absolute Gasteiger partial charge is 0.0572 e. The first-order chi connectivity index (χ1) is 7.66. The Morgan fingerprint density at radius 1 is 1.44 bits per heavy atom. The molecule has 1 heteroatoms. The first-order valence-corrected chi connectivity index (χ1v) is 6.72. The van der Waals surface area contributed by atoms with Crippen LogP contribution in [-0.2, 0) is 0 Å². The lowest BCUT2D eigenvalue weighted by atomic mass is 9.78. The lowest BCUT2D eigenvalue weighted by Crippen LogP contribution is -2.20. The number of allylic oxidation sites excluding steroid dienone is 3. The van der Waals surface area contributed by atoms with Crippen LogP contribution < -0.4 is 0 Å². The maximum atomic E-state index is 9.58. The summed E-state index contributed by atoms with van der Waals surface area (Å²) in [7, 11) is 0. The number of hydrogen-bond acceptors (Lipinski definition) is 1. The van der Waals surface area contributed by atoms with Crippen molar-refractivity contribution in [3.63, 3.8) is 0 Å². The van der Waals surface area contributed by atoms with E-state index in [4.69, 9.17) is 0 Å². The minimum atomic E-state index is -0.207. The van der Waals surface area contributed by atoms with E-state index in [-0.39, 0.29) is 6.10 Å². The fourth-order valence-corrected chi connectivity index (χ4v) is 4.05. The van der Waals surface area contributed by atoms with Crippen LogP contribution in [0.5, 0.6) is 0 Å². The second-order valence-corrected chi connectivity index (χ2v) is 6.05. The van der Waals surface area contributed by atoms with Crippen LogP contribution in [-0.4, -0.2) is 11.2 Å². The van der Waals surface area contributed by atoms with Gasteiger partial charge in [0.25, 0.3) is 0 Å². The Hall–Kier alpha value is -0.560. The molecule has 3 rings (SSSR count). The van der Waals surface area contributed by atoms with Gasteiger partial charge in [0, 0.05) is 0 Å². The van der Waals surface area contributed by atoms with Crippen molar-refractivity contribution in [2.45, 2.75) is 39.2 Å². The fraction of sp³-hybridized carbons (Fsp3) is 0.733. The summed E-state index contributed by atoms with van der Waals surface area (Å²) in [5.41, 5.74) is 1.64. The van der Waals surface area contributed by atoms with Gasteiger partial charge in [-0.25, -0.2) is 0 Å².